The highest BCUT2D eigenvalue weighted by Crippen LogP contribution is 2.30. The molecular formula is C26H37NO4. The zero-order chi connectivity index (χ0) is 21.9. The van der Waals surface area contributed by atoms with Gasteiger partial charge in [-0.05, 0) is 24.6 Å². The van der Waals surface area contributed by atoms with Crippen LogP contribution in [0.4, 0.5) is 0 Å². The van der Waals surface area contributed by atoms with Gasteiger partial charge in [-0.25, -0.2) is 0 Å². The molecule has 0 aliphatic heterocycles. The van der Waals surface area contributed by atoms with Crippen molar-refractivity contribution < 1.29 is 19.3 Å². The fourth-order valence-electron chi connectivity index (χ4n) is 4.15. The zero-order valence-corrected chi connectivity index (χ0v) is 18.8. The lowest BCUT2D eigenvalue weighted by atomic mass is 10.1. The maximum Gasteiger partial charge on any atom is 0.102 e. The van der Waals surface area contributed by atoms with E-state index in [1.165, 1.54) is 0 Å². The molecule has 1 fully saturated rings. The number of ether oxygens (including phenoxy) is 3. The topological polar surface area (TPSA) is 60.0 Å². The molecule has 2 N–H and O–H groups in total. The molecule has 31 heavy (non-hydrogen) atoms. The van der Waals surface area contributed by atoms with E-state index in [9.17, 15) is 5.11 Å². The van der Waals surface area contributed by atoms with Crippen molar-refractivity contribution in [1.29, 1.82) is 0 Å². The van der Waals surface area contributed by atoms with Crippen molar-refractivity contribution in [1.82, 2.24) is 5.32 Å². The molecule has 0 radical (unpaired) electrons. The summed E-state index contributed by atoms with van der Waals surface area (Å²) in [6.45, 7) is 3.54. The van der Waals surface area contributed by atoms with Crippen molar-refractivity contribution in [3.63, 3.8) is 0 Å². The Morgan fingerprint density at radius 2 is 1.48 bits per heavy atom. The number of rotatable bonds is 13. The molecule has 5 atom stereocenters. The predicted octanol–water partition coefficient (Wildman–Crippen LogP) is 4.09. The van der Waals surface area contributed by atoms with Crippen LogP contribution in [0.3, 0.4) is 0 Å². The van der Waals surface area contributed by atoms with Crippen molar-refractivity contribution >= 4 is 0 Å². The normalized spacial score (nSPS) is 24.4. The van der Waals surface area contributed by atoms with E-state index in [4.69, 9.17) is 14.2 Å². The third kappa shape index (κ3) is 7.41. The van der Waals surface area contributed by atoms with Crippen LogP contribution in [0.1, 0.15) is 43.7 Å². The molecule has 2 aromatic rings. The molecule has 3 rings (SSSR count). The van der Waals surface area contributed by atoms with Gasteiger partial charge in [0.25, 0.3) is 0 Å². The van der Waals surface area contributed by atoms with Crippen LogP contribution in [-0.4, -0.2) is 49.2 Å². The molecule has 0 heterocycles. The molecule has 1 unspecified atom stereocenters. The molecule has 5 heteroatoms. The summed E-state index contributed by atoms with van der Waals surface area (Å²) in [5, 5.41) is 13.7. The van der Waals surface area contributed by atoms with Crippen molar-refractivity contribution in [2.75, 3.05) is 13.7 Å². The first kappa shape index (κ1) is 23.9. The number of benzene rings is 2. The molecule has 170 valence electrons. The summed E-state index contributed by atoms with van der Waals surface area (Å²) < 4.78 is 18.8. The molecule has 1 saturated carbocycles. The van der Waals surface area contributed by atoms with Gasteiger partial charge < -0.3 is 24.6 Å². The van der Waals surface area contributed by atoms with E-state index in [1.807, 2.05) is 43.4 Å². The highest BCUT2D eigenvalue weighted by Gasteiger charge is 2.45. The Kier molecular flexibility index (Phi) is 9.97. The van der Waals surface area contributed by atoms with Crippen LogP contribution in [0.25, 0.3) is 0 Å². The van der Waals surface area contributed by atoms with Crippen molar-refractivity contribution in [3.8, 4) is 0 Å². The van der Waals surface area contributed by atoms with E-state index in [1.54, 1.807) is 0 Å². The second kappa shape index (κ2) is 12.9. The first-order chi connectivity index (χ1) is 15.2. The number of unbranched alkanes of at least 4 members (excludes halogenated alkanes) is 1. The molecule has 2 aromatic carbocycles. The quantitative estimate of drug-likeness (QED) is 0.504. The molecule has 0 bridgehead atoms. The Labute approximate surface area is 186 Å². The monoisotopic (exact) mass is 427 g/mol. The van der Waals surface area contributed by atoms with Crippen LogP contribution in [0.15, 0.2) is 60.7 Å². The summed E-state index contributed by atoms with van der Waals surface area (Å²) >= 11 is 0. The summed E-state index contributed by atoms with van der Waals surface area (Å²) in [7, 11) is 1.94. The summed E-state index contributed by atoms with van der Waals surface area (Å²) in [6, 6.07) is 20.4. The predicted molar refractivity (Wildman–Crippen MR) is 123 cm³/mol. The Balaban J connectivity index is 1.63. The van der Waals surface area contributed by atoms with E-state index < -0.39 is 6.10 Å². The lowest BCUT2D eigenvalue weighted by molar-refractivity contribution is -0.0912. The second-order valence-electron chi connectivity index (χ2n) is 8.31. The highest BCUT2D eigenvalue weighted by atomic mass is 16.6. The second-order valence-corrected chi connectivity index (χ2v) is 8.31. The summed E-state index contributed by atoms with van der Waals surface area (Å²) in [5.74, 6) is 0. The Morgan fingerprint density at radius 1 is 0.903 bits per heavy atom. The van der Waals surface area contributed by atoms with Crippen LogP contribution in [0.2, 0.25) is 0 Å². The fourth-order valence-corrected chi connectivity index (χ4v) is 4.15. The average molecular weight is 428 g/mol. The summed E-state index contributed by atoms with van der Waals surface area (Å²) in [4.78, 5) is 0. The first-order valence-corrected chi connectivity index (χ1v) is 11.5. The van der Waals surface area contributed by atoms with Crippen LogP contribution in [-0.2, 0) is 27.4 Å². The molecule has 0 spiro atoms. The third-order valence-electron chi connectivity index (χ3n) is 5.90. The van der Waals surface area contributed by atoms with Gasteiger partial charge in [-0.2, -0.15) is 0 Å². The minimum absolute atomic E-state index is 0.00265. The standard InChI is InChI=1S/C26H37NO4/c1-3-4-15-22(28)19-31-26-24(30-18-21-13-9-6-10-14-21)16-23(25(26)27-2)29-17-20-11-7-5-8-12-20/h5-14,22-28H,3-4,15-19H2,1-2H3/t22?,23-,24+,25+,26+/m0/s1. The van der Waals surface area contributed by atoms with Gasteiger partial charge in [-0.1, -0.05) is 80.4 Å². The number of likely N-dealkylation sites (N-methyl/N-ethyl adjacent to an activating group) is 1. The van der Waals surface area contributed by atoms with E-state index in [0.29, 0.717) is 19.8 Å². The average Bonchev–Trinajstić information content (AvgIpc) is 3.16. The van der Waals surface area contributed by atoms with Gasteiger partial charge >= 0.3 is 0 Å². The number of aliphatic hydroxyl groups is 1. The van der Waals surface area contributed by atoms with Gasteiger partial charge in [0.05, 0.1) is 44.2 Å². The Morgan fingerprint density at radius 3 is 2.03 bits per heavy atom. The maximum atomic E-state index is 10.3. The molecule has 0 amide bonds. The summed E-state index contributed by atoms with van der Waals surface area (Å²) in [5.41, 5.74) is 2.29. The van der Waals surface area contributed by atoms with Gasteiger partial charge in [0.15, 0.2) is 0 Å². The zero-order valence-electron chi connectivity index (χ0n) is 18.8. The van der Waals surface area contributed by atoms with Crippen molar-refractivity contribution in [3.05, 3.63) is 71.8 Å². The highest BCUT2D eigenvalue weighted by molar-refractivity contribution is 5.14. The van der Waals surface area contributed by atoms with Crippen LogP contribution in [0, 0.1) is 0 Å². The molecule has 1 aliphatic rings. The number of hydrogen-bond acceptors (Lipinski definition) is 5. The number of aliphatic hydroxyl groups excluding tert-OH is 1. The minimum atomic E-state index is -0.448. The van der Waals surface area contributed by atoms with Gasteiger partial charge in [0.2, 0.25) is 0 Å². The Hall–Kier alpha value is -1.76. The Bertz CT molecular complexity index is 727. The number of hydrogen-bond donors (Lipinski definition) is 2. The van der Waals surface area contributed by atoms with Gasteiger partial charge in [-0.15, -0.1) is 0 Å². The number of nitrogens with one attached hydrogen (secondary N) is 1. The molecule has 0 aromatic heterocycles. The van der Waals surface area contributed by atoms with Crippen molar-refractivity contribution in [2.24, 2.45) is 0 Å². The largest absolute Gasteiger partial charge is 0.391 e. The van der Waals surface area contributed by atoms with Crippen LogP contribution < -0.4 is 5.32 Å². The minimum Gasteiger partial charge on any atom is -0.391 e. The van der Waals surface area contributed by atoms with Gasteiger partial charge in [-0.3, -0.25) is 0 Å². The molecule has 0 saturated heterocycles. The lowest BCUT2D eigenvalue weighted by Crippen LogP contribution is -2.46. The molecular weight excluding hydrogens is 390 g/mol. The van der Waals surface area contributed by atoms with Crippen LogP contribution in [0.5, 0.6) is 0 Å². The third-order valence-corrected chi connectivity index (χ3v) is 5.90. The van der Waals surface area contributed by atoms with E-state index in [2.05, 4.69) is 36.5 Å². The van der Waals surface area contributed by atoms with Gasteiger partial charge in [0, 0.05) is 6.42 Å². The molecule has 1 aliphatic carbocycles. The molecule has 5 nitrogen and oxygen atoms in total. The SMILES string of the molecule is CCCCC(O)CO[C@H]1[C@H](NC)[C@@H](OCc2ccccc2)C[C@H]1OCc1ccccc1. The maximum absolute atomic E-state index is 10.3. The fraction of sp³-hybridized carbons (Fsp3) is 0.538. The van der Waals surface area contributed by atoms with Crippen LogP contribution >= 0.6 is 0 Å². The van der Waals surface area contributed by atoms with Crippen molar-refractivity contribution in [2.45, 2.75) is 76.3 Å². The van der Waals surface area contributed by atoms with E-state index >= 15 is 0 Å². The van der Waals surface area contributed by atoms with E-state index in [0.717, 1.165) is 36.8 Å². The van der Waals surface area contributed by atoms with E-state index in [-0.39, 0.29) is 24.4 Å². The lowest BCUT2D eigenvalue weighted by Gasteiger charge is -2.27. The first-order valence-electron chi connectivity index (χ1n) is 11.5. The smallest absolute Gasteiger partial charge is 0.102 e. The van der Waals surface area contributed by atoms with Gasteiger partial charge in [0.1, 0.15) is 6.10 Å². The summed E-state index contributed by atoms with van der Waals surface area (Å²) in [6.07, 6.45) is 2.83.